The number of rotatable bonds is 10. The lowest BCUT2D eigenvalue weighted by Gasteiger charge is -2.17. The predicted molar refractivity (Wildman–Crippen MR) is 71.7 cm³/mol. The summed E-state index contributed by atoms with van der Waals surface area (Å²) < 4.78 is 0. The third-order valence-electron chi connectivity index (χ3n) is 2.79. The second-order valence-electron chi connectivity index (χ2n) is 4.56. The van der Waals surface area contributed by atoms with Crippen molar-refractivity contribution in [1.29, 1.82) is 0 Å². The molecule has 0 heterocycles. The summed E-state index contributed by atoms with van der Waals surface area (Å²) in [5, 5.41) is 11.3. The van der Waals surface area contributed by atoms with Crippen LogP contribution in [-0.2, 0) is 4.79 Å². The first kappa shape index (κ1) is 16.7. The zero-order valence-corrected chi connectivity index (χ0v) is 11.6. The average Bonchev–Trinajstić information content (AvgIpc) is 2.33. The molecule has 0 radical (unpaired) electrons. The van der Waals surface area contributed by atoms with Crippen molar-refractivity contribution in [3.05, 3.63) is 0 Å². The van der Waals surface area contributed by atoms with Crippen LogP contribution in [0.1, 0.15) is 51.9 Å². The monoisotopic (exact) mass is 258 g/mol. The maximum absolute atomic E-state index is 11.6. The second-order valence-corrected chi connectivity index (χ2v) is 4.56. The van der Waals surface area contributed by atoms with Gasteiger partial charge in [0.1, 0.15) is 0 Å². The lowest BCUT2D eigenvalue weighted by atomic mass is 10.2. The number of carbonyl (C=O) groups excluding carboxylic acids is 1. The molecule has 0 aliphatic rings. The number of carboxylic acids is 1. The van der Waals surface area contributed by atoms with Crippen LogP contribution in [0.4, 0.5) is 4.79 Å². The Labute approximate surface area is 110 Å². The zero-order chi connectivity index (χ0) is 13.8. The van der Waals surface area contributed by atoms with Crippen LogP contribution in [0.15, 0.2) is 0 Å². The fraction of sp³-hybridized carbons (Fsp3) is 0.846. The number of carboxylic acid groups (broad SMARTS) is 1. The van der Waals surface area contributed by atoms with Gasteiger partial charge in [0.25, 0.3) is 0 Å². The molecule has 0 bridgehead atoms. The summed E-state index contributed by atoms with van der Waals surface area (Å²) in [4.78, 5) is 23.6. The number of carbonyl (C=O) groups is 2. The lowest BCUT2D eigenvalue weighted by Crippen LogP contribution is -2.38. The molecule has 5 heteroatoms. The summed E-state index contributed by atoms with van der Waals surface area (Å²) in [6.07, 6.45) is 5.90. The minimum Gasteiger partial charge on any atom is -0.481 e. The van der Waals surface area contributed by atoms with Crippen LogP contribution in [0.25, 0.3) is 0 Å². The minimum absolute atomic E-state index is 0.0377. The Morgan fingerprint density at radius 2 is 1.83 bits per heavy atom. The lowest BCUT2D eigenvalue weighted by molar-refractivity contribution is -0.137. The number of hydrogen-bond donors (Lipinski definition) is 2. The first-order chi connectivity index (χ1) is 8.57. The third-order valence-corrected chi connectivity index (χ3v) is 2.79. The van der Waals surface area contributed by atoms with Crippen molar-refractivity contribution in [2.24, 2.45) is 0 Å². The molecule has 0 atom stereocenters. The summed E-state index contributed by atoms with van der Waals surface area (Å²) in [7, 11) is 1.80. The van der Waals surface area contributed by atoms with Crippen molar-refractivity contribution < 1.29 is 14.7 Å². The smallest absolute Gasteiger partial charge is 0.317 e. The van der Waals surface area contributed by atoms with Crippen LogP contribution in [0.5, 0.6) is 0 Å². The van der Waals surface area contributed by atoms with Gasteiger partial charge in [0, 0.05) is 26.6 Å². The van der Waals surface area contributed by atoms with Crippen molar-refractivity contribution >= 4 is 12.0 Å². The Kier molecular flexibility index (Phi) is 10.1. The third kappa shape index (κ3) is 9.93. The van der Waals surface area contributed by atoms with Crippen LogP contribution < -0.4 is 5.32 Å². The Morgan fingerprint density at radius 3 is 2.44 bits per heavy atom. The van der Waals surface area contributed by atoms with E-state index in [4.69, 9.17) is 5.11 Å². The molecule has 18 heavy (non-hydrogen) atoms. The van der Waals surface area contributed by atoms with E-state index < -0.39 is 5.97 Å². The maximum atomic E-state index is 11.6. The largest absolute Gasteiger partial charge is 0.481 e. The number of urea groups is 1. The van der Waals surface area contributed by atoms with Gasteiger partial charge in [-0.15, -0.1) is 0 Å². The number of nitrogens with zero attached hydrogens (tertiary/aromatic N) is 1. The molecule has 2 N–H and O–H groups in total. The van der Waals surface area contributed by atoms with E-state index in [2.05, 4.69) is 12.2 Å². The first-order valence-electron chi connectivity index (χ1n) is 6.78. The highest BCUT2D eigenvalue weighted by atomic mass is 16.4. The van der Waals surface area contributed by atoms with Gasteiger partial charge in [0.2, 0.25) is 0 Å². The highest BCUT2D eigenvalue weighted by molar-refractivity contribution is 5.73. The van der Waals surface area contributed by atoms with Crippen molar-refractivity contribution in [1.82, 2.24) is 10.2 Å². The van der Waals surface area contributed by atoms with E-state index in [-0.39, 0.29) is 12.5 Å². The molecule has 2 amide bonds. The molecule has 0 rings (SSSR count). The van der Waals surface area contributed by atoms with E-state index in [1.807, 2.05) is 0 Å². The van der Waals surface area contributed by atoms with Gasteiger partial charge < -0.3 is 15.3 Å². The molecule has 0 fully saturated rings. The second kappa shape index (κ2) is 10.9. The Balaban J connectivity index is 3.43. The number of aliphatic carboxylic acids is 1. The quantitative estimate of drug-likeness (QED) is 0.591. The Bertz CT molecular complexity index is 244. The number of hydrogen-bond acceptors (Lipinski definition) is 2. The van der Waals surface area contributed by atoms with Crippen molar-refractivity contribution in [2.75, 3.05) is 20.1 Å². The van der Waals surface area contributed by atoms with Crippen LogP contribution in [0, 0.1) is 0 Å². The van der Waals surface area contributed by atoms with E-state index in [1.54, 1.807) is 11.9 Å². The molecule has 0 saturated heterocycles. The van der Waals surface area contributed by atoms with Crippen LogP contribution in [0.3, 0.4) is 0 Å². The van der Waals surface area contributed by atoms with E-state index in [0.717, 1.165) is 38.6 Å². The fourth-order valence-electron chi connectivity index (χ4n) is 1.61. The van der Waals surface area contributed by atoms with Crippen LogP contribution >= 0.6 is 0 Å². The molecular weight excluding hydrogens is 232 g/mol. The first-order valence-corrected chi connectivity index (χ1v) is 6.78. The highest BCUT2D eigenvalue weighted by Crippen LogP contribution is 1.99. The molecule has 0 aromatic rings. The molecule has 0 aromatic carbocycles. The maximum Gasteiger partial charge on any atom is 0.317 e. The molecule has 0 saturated carbocycles. The van der Waals surface area contributed by atoms with Crippen LogP contribution in [0.2, 0.25) is 0 Å². The number of amides is 2. The van der Waals surface area contributed by atoms with Crippen molar-refractivity contribution in [2.45, 2.75) is 51.9 Å². The number of nitrogens with one attached hydrogen (secondary N) is 1. The zero-order valence-electron chi connectivity index (χ0n) is 11.6. The van der Waals surface area contributed by atoms with E-state index >= 15 is 0 Å². The molecule has 5 nitrogen and oxygen atoms in total. The van der Waals surface area contributed by atoms with Crippen molar-refractivity contribution in [3.8, 4) is 0 Å². The molecule has 0 aromatic heterocycles. The van der Waals surface area contributed by atoms with E-state index in [9.17, 15) is 9.59 Å². The van der Waals surface area contributed by atoms with Crippen LogP contribution in [-0.4, -0.2) is 42.1 Å². The molecule has 0 aliphatic carbocycles. The number of unbranched alkanes of at least 4 members (excludes halogenated alkanes) is 4. The van der Waals surface area contributed by atoms with Gasteiger partial charge in [-0.1, -0.05) is 26.2 Å². The topological polar surface area (TPSA) is 69.6 Å². The molecule has 0 spiro atoms. The summed E-state index contributed by atoms with van der Waals surface area (Å²) in [5.41, 5.74) is 0. The SMILES string of the molecule is CCCCCN(C)C(=O)NCCCCCC(=O)O. The van der Waals surface area contributed by atoms with Gasteiger partial charge >= 0.3 is 12.0 Å². The van der Waals surface area contributed by atoms with Gasteiger partial charge in [-0.2, -0.15) is 0 Å². The molecule has 0 unspecified atom stereocenters. The normalized spacial score (nSPS) is 10.1. The van der Waals surface area contributed by atoms with Gasteiger partial charge in [0.15, 0.2) is 0 Å². The summed E-state index contributed by atoms with van der Waals surface area (Å²) in [5.74, 6) is -0.755. The summed E-state index contributed by atoms with van der Waals surface area (Å²) in [6, 6.07) is -0.0377. The fourth-order valence-corrected chi connectivity index (χ4v) is 1.61. The molecule has 0 aliphatic heterocycles. The summed E-state index contributed by atoms with van der Waals surface area (Å²) >= 11 is 0. The standard InChI is InChI=1S/C13H26N2O3/c1-3-4-8-11-15(2)13(18)14-10-7-5-6-9-12(16)17/h3-11H2,1-2H3,(H,14,18)(H,16,17). The van der Waals surface area contributed by atoms with Gasteiger partial charge in [-0.05, 0) is 19.3 Å². The van der Waals surface area contributed by atoms with Gasteiger partial charge in [-0.3, -0.25) is 4.79 Å². The van der Waals surface area contributed by atoms with Gasteiger partial charge in [-0.25, -0.2) is 4.79 Å². The Morgan fingerprint density at radius 1 is 1.11 bits per heavy atom. The minimum atomic E-state index is -0.755. The molecular formula is C13H26N2O3. The highest BCUT2D eigenvalue weighted by Gasteiger charge is 2.06. The van der Waals surface area contributed by atoms with Gasteiger partial charge in [0.05, 0.1) is 0 Å². The predicted octanol–water partition coefficient (Wildman–Crippen LogP) is 2.46. The van der Waals surface area contributed by atoms with E-state index in [0.29, 0.717) is 13.0 Å². The van der Waals surface area contributed by atoms with Crippen molar-refractivity contribution in [3.63, 3.8) is 0 Å². The molecule has 106 valence electrons. The average molecular weight is 258 g/mol. The van der Waals surface area contributed by atoms with E-state index in [1.165, 1.54) is 0 Å². The Hall–Kier alpha value is -1.26. The summed E-state index contributed by atoms with van der Waals surface area (Å²) in [6.45, 7) is 3.55.